The van der Waals surface area contributed by atoms with Gasteiger partial charge in [-0.25, -0.2) is 0 Å². The number of anilines is 5. The number of nitrogens with zero attached hydrogens (tertiary/aromatic N) is 2. The van der Waals surface area contributed by atoms with Crippen LogP contribution in [0.4, 0.5) is 28.4 Å². The zero-order chi connectivity index (χ0) is 48.2. The monoisotopic (exact) mass is 891 g/mol. The van der Waals surface area contributed by atoms with Crippen molar-refractivity contribution in [1.82, 2.24) is 0 Å². The first-order valence-electron chi connectivity index (χ1n) is 25.4. The average Bonchev–Trinajstić information content (AvgIpc) is 3.51. The molecule has 0 aromatic heterocycles. The first-order chi connectivity index (χ1) is 31.9. The molecule has 7 aromatic rings. The molecular formula is C65H71BN2. The van der Waals surface area contributed by atoms with E-state index in [1.165, 1.54) is 125 Å². The second-order valence-electron chi connectivity index (χ2n) is 25.8. The Morgan fingerprint density at radius 1 is 0.412 bits per heavy atom. The molecule has 0 atom stereocenters. The van der Waals surface area contributed by atoms with Gasteiger partial charge in [-0.3, -0.25) is 0 Å². The smallest absolute Gasteiger partial charge is 0.333 e. The van der Waals surface area contributed by atoms with E-state index in [4.69, 9.17) is 0 Å². The Morgan fingerprint density at radius 2 is 1.00 bits per heavy atom. The van der Waals surface area contributed by atoms with E-state index in [9.17, 15) is 0 Å². The van der Waals surface area contributed by atoms with Crippen molar-refractivity contribution < 1.29 is 0 Å². The summed E-state index contributed by atoms with van der Waals surface area (Å²) in [5.74, 6) is 0. The highest BCUT2D eigenvalue weighted by atomic mass is 15.2. The number of fused-ring (bicyclic) bond motifs is 8. The molecule has 68 heavy (non-hydrogen) atoms. The molecule has 0 saturated carbocycles. The summed E-state index contributed by atoms with van der Waals surface area (Å²) in [6, 6.07) is 52.9. The van der Waals surface area contributed by atoms with E-state index in [1.807, 2.05) is 0 Å². The molecule has 7 aromatic carbocycles. The lowest BCUT2D eigenvalue weighted by Gasteiger charge is -2.49. The topological polar surface area (TPSA) is 6.48 Å². The molecule has 0 N–H and O–H groups in total. The van der Waals surface area contributed by atoms with E-state index >= 15 is 0 Å². The molecule has 11 rings (SSSR count). The van der Waals surface area contributed by atoms with Crippen LogP contribution >= 0.6 is 0 Å². The van der Waals surface area contributed by atoms with Crippen LogP contribution in [0.1, 0.15) is 156 Å². The van der Waals surface area contributed by atoms with Gasteiger partial charge in [0.1, 0.15) is 0 Å². The second kappa shape index (κ2) is 14.6. The van der Waals surface area contributed by atoms with Gasteiger partial charge in [0.15, 0.2) is 0 Å². The van der Waals surface area contributed by atoms with E-state index in [2.05, 4.69) is 247 Å². The summed E-state index contributed by atoms with van der Waals surface area (Å²) >= 11 is 0. The summed E-state index contributed by atoms with van der Waals surface area (Å²) in [4.78, 5) is 5.46. The van der Waals surface area contributed by atoms with Crippen molar-refractivity contribution in [2.75, 3.05) is 9.71 Å². The molecule has 0 unspecified atom stereocenters. The van der Waals surface area contributed by atoms with Crippen LogP contribution in [0.15, 0.2) is 133 Å². The minimum absolute atomic E-state index is 0.0252. The Morgan fingerprint density at radius 3 is 1.65 bits per heavy atom. The average molecular weight is 891 g/mol. The van der Waals surface area contributed by atoms with Crippen LogP contribution in [0.3, 0.4) is 0 Å². The van der Waals surface area contributed by atoms with Crippen LogP contribution in [0, 0.1) is 0 Å². The molecule has 3 heteroatoms. The molecule has 2 nitrogen and oxygen atoms in total. The molecule has 0 fully saturated rings. The quantitative estimate of drug-likeness (QED) is 0.163. The lowest BCUT2D eigenvalue weighted by Crippen LogP contribution is -2.62. The molecule has 0 bridgehead atoms. The van der Waals surface area contributed by atoms with E-state index < -0.39 is 0 Å². The number of benzene rings is 7. The molecule has 2 aliphatic carbocycles. The first kappa shape index (κ1) is 44.7. The zero-order valence-electron chi connectivity index (χ0n) is 43.6. The maximum atomic E-state index is 2.76. The van der Waals surface area contributed by atoms with Crippen LogP contribution in [-0.4, -0.2) is 6.85 Å². The fraction of sp³-hybridized carbons (Fsp3) is 0.354. The number of rotatable bonds is 3. The van der Waals surface area contributed by atoms with Gasteiger partial charge in [-0.1, -0.05) is 189 Å². The molecule has 344 valence electrons. The van der Waals surface area contributed by atoms with Crippen LogP contribution in [0.5, 0.6) is 0 Å². The van der Waals surface area contributed by atoms with Crippen LogP contribution in [0.2, 0.25) is 0 Å². The normalized spacial score (nSPS) is 17.2. The molecule has 0 spiro atoms. The van der Waals surface area contributed by atoms with Gasteiger partial charge in [-0.05, 0) is 161 Å². The van der Waals surface area contributed by atoms with Crippen LogP contribution in [0.25, 0.3) is 33.4 Å². The third-order valence-corrected chi connectivity index (χ3v) is 16.8. The SMILES string of the molecule is CC(C)(C)c1ccc(N2B3c4cc5c(cc4N(c4ccc(C(C)(C)C)cc4-c4ccccc4)c4cc(C(C)(C)C)cc(c43)-c3cc4c(cc32)C(C)(C)CCC4(C)C)-c2ccccc2C5(C)C)cc1. The molecule has 2 aliphatic heterocycles. The number of hydrogen-bond acceptors (Lipinski definition) is 2. The third kappa shape index (κ3) is 6.72. The lowest BCUT2D eigenvalue weighted by molar-refractivity contribution is 0.332. The third-order valence-electron chi connectivity index (χ3n) is 16.8. The summed E-state index contributed by atoms with van der Waals surface area (Å²) in [5, 5.41) is 0. The van der Waals surface area contributed by atoms with Crippen LogP contribution in [-0.2, 0) is 32.5 Å². The maximum absolute atomic E-state index is 2.76. The molecule has 0 amide bonds. The Hall–Kier alpha value is -5.80. The second-order valence-corrected chi connectivity index (χ2v) is 25.8. The highest BCUT2D eigenvalue weighted by molar-refractivity contribution is 6.93. The molecule has 0 radical (unpaired) electrons. The van der Waals surface area contributed by atoms with Crippen molar-refractivity contribution in [2.24, 2.45) is 0 Å². The zero-order valence-corrected chi connectivity index (χ0v) is 43.6. The fourth-order valence-corrected chi connectivity index (χ4v) is 12.4. The highest BCUT2D eigenvalue weighted by Gasteiger charge is 2.49. The van der Waals surface area contributed by atoms with Gasteiger partial charge in [-0.2, -0.15) is 0 Å². The summed E-state index contributed by atoms with van der Waals surface area (Å²) < 4.78 is 0. The molecule has 2 heterocycles. The van der Waals surface area contributed by atoms with E-state index in [1.54, 1.807) is 0 Å². The summed E-state index contributed by atoms with van der Waals surface area (Å²) in [6.45, 7) is 35.9. The Labute approximate surface area is 409 Å². The van der Waals surface area contributed by atoms with Gasteiger partial charge in [0.2, 0.25) is 0 Å². The molecule has 4 aliphatic rings. The minimum Gasteiger partial charge on any atom is -0.376 e. The Balaban J connectivity index is 1.32. The predicted octanol–water partition coefficient (Wildman–Crippen LogP) is 16.6. The standard InChI is InChI=1S/C65H71BN2/c1-60(2,3)41-25-28-44(29-26-41)68-56-39-53-52(63(10,11)31-32-64(53,12)13)36-48(56)49-34-43(62(7,8)9)35-58-59(49)66(68)54-38-51-47(45-23-19-20-24-50(45)65(51,14)15)37-57(54)67(58)55-30-27-42(61(4,5)6)33-46(55)40-21-17-16-18-22-40/h16-30,33-39H,31-32H2,1-15H3. The van der Waals surface area contributed by atoms with E-state index in [0.717, 1.165) is 0 Å². The van der Waals surface area contributed by atoms with Gasteiger partial charge in [0, 0.05) is 39.3 Å². The van der Waals surface area contributed by atoms with Crippen molar-refractivity contribution in [3.8, 4) is 33.4 Å². The largest absolute Gasteiger partial charge is 0.376 e. The summed E-state index contributed by atoms with van der Waals surface area (Å²) in [6.07, 6.45) is 2.34. The van der Waals surface area contributed by atoms with E-state index in [-0.39, 0.29) is 39.3 Å². The summed E-state index contributed by atoms with van der Waals surface area (Å²) in [7, 11) is 0. The van der Waals surface area contributed by atoms with Gasteiger partial charge in [0.05, 0.1) is 5.69 Å². The predicted molar refractivity (Wildman–Crippen MR) is 295 cm³/mol. The van der Waals surface area contributed by atoms with Gasteiger partial charge >= 0.3 is 6.85 Å². The van der Waals surface area contributed by atoms with Crippen molar-refractivity contribution in [2.45, 2.75) is 149 Å². The van der Waals surface area contributed by atoms with Gasteiger partial charge in [-0.15, -0.1) is 0 Å². The van der Waals surface area contributed by atoms with Crippen molar-refractivity contribution in [1.29, 1.82) is 0 Å². The van der Waals surface area contributed by atoms with Crippen molar-refractivity contribution in [3.05, 3.63) is 172 Å². The number of hydrogen-bond donors (Lipinski definition) is 0. The lowest BCUT2D eigenvalue weighted by atomic mass is 9.42. The van der Waals surface area contributed by atoms with Crippen molar-refractivity contribution in [3.63, 3.8) is 0 Å². The highest BCUT2D eigenvalue weighted by Crippen LogP contribution is 2.56. The Kier molecular flexibility index (Phi) is 9.61. The molecular weight excluding hydrogens is 820 g/mol. The summed E-state index contributed by atoms with van der Waals surface area (Å²) in [5.41, 5.74) is 26.6. The Bertz CT molecular complexity index is 3200. The van der Waals surface area contributed by atoms with E-state index in [0.29, 0.717) is 0 Å². The van der Waals surface area contributed by atoms with Crippen LogP contribution < -0.4 is 20.6 Å². The van der Waals surface area contributed by atoms with Gasteiger partial charge < -0.3 is 9.71 Å². The maximum Gasteiger partial charge on any atom is 0.333 e. The fourth-order valence-electron chi connectivity index (χ4n) is 12.4. The minimum atomic E-state index is -0.172. The molecule has 0 saturated heterocycles. The first-order valence-corrected chi connectivity index (χ1v) is 25.4. The van der Waals surface area contributed by atoms with Gasteiger partial charge in [0.25, 0.3) is 0 Å². The van der Waals surface area contributed by atoms with Crippen molar-refractivity contribution >= 4 is 46.2 Å².